The smallest absolute Gasteiger partial charge is 0.277 e. The molecule has 0 saturated carbocycles. The van der Waals surface area contributed by atoms with E-state index in [0.717, 1.165) is 55.8 Å². The highest BCUT2D eigenvalue weighted by atomic mass is 16.7. The van der Waals surface area contributed by atoms with Gasteiger partial charge >= 0.3 is 0 Å². The molecule has 44 heavy (non-hydrogen) atoms. The topological polar surface area (TPSA) is 87.2 Å². The molecule has 3 aromatic rings. The predicted molar refractivity (Wildman–Crippen MR) is 174 cm³/mol. The number of aromatic nitrogens is 1. The van der Waals surface area contributed by atoms with E-state index >= 15 is 0 Å². The number of rotatable bonds is 12. The average Bonchev–Trinajstić information content (AvgIpc) is 3.03. The van der Waals surface area contributed by atoms with E-state index in [-0.39, 0.29) is 11.8 Å². The Bertz CT molecular complexity index is 1400. The third kappa shape index (κ3) is 7.95. The van der Waals surface area contributed by atoms with Gasteiger partial charge in [-0.1, -0.05) is 0 Å². The fraction of sp³-hybridized carbons (Fsp3) is 0.457. The number of hydrogen-bond acceptors (Lipinski definition) is 7. The second kappa shape index (κ2) is 15.2. The lowest BCUT2D eigenvalue weighted by atomic mass is 9.98. The Balaban J connectivity index is 1.32. The Hall–Kier alpha value is -3.95. The molecule has 1 saturated heterocycles. The van der Waals surface area contributed by atoms with Gasteiger partial charge in [-0.25, -0.2) is 5.06 Å². The van der Waals surface area contributed by atoms with Crippen LogP contribution < -0.4 is 15.0 Å². The lowest BCUT2D eigenvalue weighted by Gasteiger charge is -2.42. The molecule has 1 aliphatic rings. The molecule has 0 radical (unpaired) electrons. The van der Waals surface area contributed by atoms with Crippen LogP contribution in [0.15, 0.2) is 54.9 Å². The zero-order valence-electron chi connectivity index (χ0n) is 27.2. The van der Waals surface area contributed by atoms with Gasteiger partial charge in [-0.05, 0) is 112 Å². The van der Waals surface area contributed by atoms with Crippen LogP contribution in [0.25, 0.3) is 0 Å². The zero-order valence-corrected chi connectivity index (χ0v) is 27.2. The second-order valence-corrected chi connectivity index (χ2v) is 11.8. The van der Waals surface area contributed by atoms with E-state index in [1.54, 1.807) is 26.3 Å². The summed E-state index contributed by atoms with van der Waals surface area (Å²) in [5.74, 6) is 0.502. The summed E-state index contributed by atoms with van der Waals surface area (Å²) in [4.78, 5) is 40.1. The number of hydrogen-bond donors (Lipinski definition) is 1. The monoisotopic (exact) mass is 601 g/mol. The van der Waals surface area contributed by atoms with E-state index in [0.29, 0.717) is 29.8 Å². The highest BCUT2D eigenvalue weighted by Crippen LogP contribution is 2.29. The van der Waals surface area contributed by atoms with Crippen LogP contribution >= 0.6 is 0 Å². The Morgan fingerprint density at radius 2 is 1.68 bits per heavy atom. The Kier molecular flexibility index (Phi) is 11.4. The maximum atomic E-state index is 13.0. The van der Waals surface area contributed by atoms with Crippen LogP contribution in [-0.4, -0.2) is 79.7 Å². The van der Waals surface area contributed by atoms with Crippen molar-refractivity contribution in [2.75, 3.05) is 45.8 Å². The molecular formula is C35H47N5O4. The second-order valence-electron chi connectivity index (χ2n) is 11.8. The number of hydroxylamine groups is 2. The highest BCUT2D eigenvalue weighted by molar-refractivity contribution is 6.00. The molecule has 2 amide bonds. The van der Waals surface area contributed by atoms with E-state index < -0.39 is 0 Å². The van der Waals surface area contributed by atoms with Crippen LogP contribution in [-0.2, 0) is 11.4 Å². The fourth-order valence-electron chi connectivity index (χ4n) is 6.04. The van der Waals surface area contributed by atoms with E-state index in [4.69, 9.17) is 9.57 Å². The molecule has 1 aromatic heterocycles. The minimum atomic E-state index is -0.230. The molecule has 1 aliphatic heterocycles. The van der Waals surface area contributed by atoms with Crippen LogP contribution in [0.1, 0.15) is 69.2 Å². The van der Waals surface area contributed by atoms with Crippen molar-refractivity contribution in [1.29, 1.82) is 0 Å². The van der Waals surface area contributed by atoms with Crippen LogP contribution in [0, 0.1) is 20.8 Å². The Morgan fingerprint density at radius 1 is 1.02 bits per heavy atom. The Labute approximate surface area is 262 Å². The standard InChI is InChI=1S/C35H47N5O4/c1-24-12-16-36-22-29(24)23-40(30-8-10-32(43-6)11-9-30)31-14-18-39(19-15-31)27(4)13-17-37-34(41)28-20-25(2)33(26(3)21-28)35(42)38(5)44-7/h8-12,16,20-22,27,31H,13-15,17-19,23H2,1-7H3,(H,37,41)/t27-/m1/s1. The molecule has 9 heteroatoms. The van der Waals surface area contributed by atoms with Gasteiger partial charge in [0.25, 0.3) is 11.8 Å². The molecule has 9 nitrogen and oxygen atoms in total. The van der Waals surface area contributed by atoms with Crippen molar-refractivity contribution in [2.24, 2.45) is 0 Å². The van der Waals surface area contributed by atoms with Gasteiger partial charge in [0.05, 0.1) is 14.2 Å². The number of carbonyl (C=O) groups excluding carboxylic acids is 2. The lowest BCUT2D eigenvalue weighted by Crippen LogP contribution is -2.48. The summed E-state index contributed by atoms with van der Waals surface area (Å²) < 4.78 is 5.40. The lowest BCUT2D eigenvalue weighted by molar-refractivity contribution is -0.0757. The number of nitrogens with one attached hydrogen (secondary N) is 1. The Morgan fingerprint density at radius 3 is 2.27 bits per heavy atom. The first-order valence-electron chi connectivity index (χ1n) is 15.4. The molecular weight excluding hydrogens is 554 g/mol. The summed E-state index contributed by atoms with van der Waals surface area (Å²) >= 11 is 0. The number of anilines is 1. The highest BCUT2D eigenvalue weighted by Gasteiger charge is 2.28. The number of benzene rings is 2. The molecule has 0 unspecified atom stereocenters. The minimum absolute atomic E-state index is 0.123. The number of nitrogens with zero attached hydrogens (tertiary/aromatic N) is 4. The van der Waals surface area contributed by atoms with Crippen molar-refractivity contribution < 1.29 is 19.2 Å². The van der Waals surface area contributed by atoms with Gasteiger partial charge in [0.1, 0.15) is 5.75 Å². The molecule has 236 valence electrons. The molecule has 1 atom stereocenters. The van der Waals surface area contributed by atoms with Crippen molar-refractivity contribution in [1.82, 2.24) is 20.3 Å². The van der Waals surface area contributed by atoms with Crippen LogP contribution in [0.5, 0.6) is 5.75 Å². The molecule has 2 heterocycles. The molecule has 1 fully saturated rings. The third-order valence-electron chi connectivity index (χ3n) is 8.87. The van der Waals surface area contributed by atoms with Gasteiger partial charge in [-0.3, -0.25) is 19.4 Å². The van der Waals surface area contributed by atoms with Gasteiger partial charge in [0, 0.05) is 74.5 Å². The quantitative estimate of drug-likeness (QED) is 0.281. The van der Waals surface area contributed by atoms with Crippen LogP contribution in [0.4, 0.5) is 5.69 Å². The minimum Gasteiger partial charge on any atom is -0.497 e. The number of likely N-dealkylation sites (tertiary alicyclic amines) is 1. The van der Waals surface area contributed by atoms with Crippen molar-refractivity contribution in [2.45, 2.75) is 65.6 Å². The molecule has 2 aromatic carbocycles. The van der Waals surface area contributed by atoms with Crippen LogP contribution in [0.2, 0.25) is 0 Å². The predicted octanol–water partition coefficient (Wildman–Crippen LogP) is 5.33. The largest absolute Gasteiger partial charge is 0.497 e. The number of amides is 2. The SMILES string of the molecule is COc1ccc(N(Cc2cnccc2C)C2CCN([C@H](C)CCNC(=O)c3cc(C)c(C(=O)N(C)OC)c(C)c3)CC2)cc1. The van der Waals surface area contributed by atoms with Crippen molar-refractivity contribution in [3.63, 3.8) is 0 Å². The molecule has 0 bridgehead atoms. The summed E-state index contributed by atoms with van der Waals surface area (Å²) in [5.41, 5.74) is 6.31. The summed E-state index contributed by atoms with van der Waals surface area (Å²) in [6.07, 6.45) is 6.81. The fourth-order valence-corrected chi connectivity index (χ4v) is 6.04. The maximum absolute atomic E-state index is 13.0. The number of pyridine rings is 1. The number of methoxy groups -OCH3 is 1. The van der Waals surface area contributed by atoms with Crippen LogP contribution in [0.3, 0.4) is 0 Å². The number of ether oxygens (including phenoxy) is 1. The van der Waals surface area contributed by atoms with Gasteiger partial charge in [-0.15, -0.1) is 0 Å². The first-order valence-corrected chi connectivity index (χ1v) is 15.4. The summed E-state index contributed by atoms with van der Waals surface area (Å²) in [6, 6.07) is 14.7. The van der Waals surface area contributed by atoms with E-state index in [1.807, 2.05) is 38.4 Å². The first kappa shape index (κ1) is 33.0. The van der Waals surface area contributed by atoms with E-state index in [9.17, 15) is 9.59 Å². The molecule has 0 aliphatic carbocycles. The van der Waals surface area contributed by atoms with Crippen molar-refractivity contribution in [3.05, 3.63) is 88.2 Å². The van der Waals surface area contributed by atoms with Gasteiger partial charge in [-0.2, -0.15) is 0 Å². The van der Waals surface area contributed by atoms with Gasteiger partial charge < -0.3 is 19.9 Å². The van der Waals surface area contributed by atoms with E-state index in [2.05, 4.69) is 52.1 Å². The number of carbonyl (C=O) groups is 2. The first-order chi connectivity index (χ1) is 21.1. The third-order valence-corrected chi connectivity index (χ3v) is 8.87. The van der Waals surface area contributed by atoms with Gasteiger partial charge in [0.2, 0.25) is 0 Å². The molecule has 0 spiro atoms. The summed E-state index contributed by atoms with van der Waals surface area (Å²) in [5, 5.41) is 4.28. The van der Waals surface area contributed by atoms with E-state index in [1.165, 1.54) is 29.0 Å². The van der Waals surface area contributed by atoms with Crippen molar-refractivity contribution in [3.8, 4) is 5.75 Å². The number of aryl methyl sites for hydroxylation is 3. The summed E-state index contributed by atoms with van der Waals surface area (Å²) in [7, 11) is 4.72. The maximum Gasteiger partial charge on any atom is 0.277 e. The average molecular weight is 602 g/mol. The number of piperidine rings is 1. The molecule has 4 rings (SSSR count). The van der Waals surface area contributed by atoms with Crippen molar-refractivity contribution >= 4 is 17.5 Å². The summed E-state index contributed by atoms with van der Waals surface area (Å²) in [6.45, 7) is 11.5. The van der Waals surface area contributed by atoms with Gasteiger partial charge in [0.15, 0.2) is 0 Å². The zero-order chi connectivity index (χ0) is 31.8. The normalized spacial score (nSPS) is 14.6. The molecule has 1 N–H and O–H groups in total.